The van der Waals surface area contributed by atoms with Gasteiger partial charge in [-0.1, -0.05) is 0 Å². The number of aromatic amines is 1. The summed E-state index contributed by atoms with van der Waals surface area (Å²) in [6, 6.07) is 5.62. The Labute approximate surface area is 120 Å². The van der Waals surface area contributed by atoms with E-state index in [-0.39, 0.29) is 5.25 Å². The Balaban J connectivity index is 1.63. The molecule has 1 unspecified atom stereocenters. The summed E-state index contributed by atoms with van der Waals surface area (Å²) >= 11 is 0. The molecule has 0 saturated carbocycles. The molecule has 1 aliphatic rings. The van der Waals surface area contributed by atoms with Crippen molar-refractivity contribution in [3.8, 4) is 0 Å². The number of aryl methyl sites for hydroxylation is 1. The highest BCUT2D eigenvalue weighted by atomic mass is 32.2. The molecule has 0 aliphatic carbocycles. The number of hydrogen-bond acceptors (Lipinski definition) is 4. The second-order valence-corrected chi connectivity index (χ2v) is 6.94. The van der Waals surface area contributed by atoms with Crippen molar-refractivity contribution in [1.29, 1.82) is 0 Å². The Morgan fingerprint density at radius 2 is 2.20 bits per heavy atom. The Hall–Kier alpha value is -1.40. The highest BCUT2D eigenvalue weighted by Crippen LogP contribution is 2.17. The Kier molecular flexibility index (Phi) is 4.03. The highest BCUT2D eigenvalue weighted by Gasteiger charge is 2.20. The van der Waals surface area contributed by atoms with Crippen LogP contribution >= 0.6 is 0 Å². The predicted molar refractivity (Wildman–Crippen MR) is 81.1 cm³/mol. The maximum Gasteiger partial charge on any atom is 0.108 e. The van der Waals surface area contributed by atoms with Crippen molar-refractivity contribution in [2.24, 2.45) is 0 Å². The van der Waals surface area contributed by atoms with E-state index >= 15 is 0 Å². The molecule has 3 rings (SSSR count). The number of nitrogens with two attached hydrogens (primary N) is 1. The van der Waals surface area contributed by atoms with E-state index in [1.807, 2.05) is 18.2 Å². The summed E-state index contributed by atoms with van der Waals surface area (Å²) in [5.74, 6) is 1.53. The molecule has 0 amide bonds. The third kappa shape index (κ3) is 3.02. The number of ether oxygens (including phenoxy) is 1. The largest absolute Gasteiger partial charge is 0.399 e. The molecule has 20 heavy (non-hydrogen) atoms. The molecule has 1 saturated heterocycles. The average molecular weight is 293 g/mol. The topological polar surface area (TPSA) is 81.0 Å². The summed E-state index contributed by atoms with van der Waals surface area (Å²) in [6.07, 6.45) is 2.52. The van der Waals surface area contributed by atoms with E-state index in [2.05, 4.69) is 9.97 Å². The number of nitrogens with one attached hydrogen (secondary N) is 1. The van der Waals surface area contributed by atoms with E-state index in [0.717, 1.165) is 48.6 Å². The van der Waals surface area contributed by atoms with E-state index < -0.39 is 10.8 Å². The number of nitrogen functional groups attached to an aromatic ring is 1. The lowest BCUT2D eigenvalue weighted by Crippen LogP contribution is -2.26. The van der Waals surface area contributed by atoms with Crippen molar-refractivity contribution in [3.63, 3.8) is 0 Å². The quantitative estimate of drug-likeness (QED) is 0.839. The van der Waals surface area contributed by atoms with E-state index in [0.29, 0.717) is 12.2 Å². The van der Waals surface area contributed by atoms with Gasteiger partial charge in [-0.2, -0.15) is 0 Å². The number of imidazole rings is 1. The lowest BCUT2D eigenvalue weighted by atomic mass is 10.2. The second kappa shape index (κ2) is 5.93. The van der Waals surface area contributed by atoms with E-state index in [9.17, 15) is 4.21 Å². The zero-order valence-corrected chi connectivity index (χ0v) is 12.1. The van der Waals surface area contributed by atoms with Crippen LogP contribution in [0.25, 0.3) is 11.0 Å². The average Bonchev–Trinajstić information content (AvgIpc) is 2.87. The van der Waals surface area contributed by atoms with Gasteiger partial charge in [0.05, 0.1) is 11.0 Å². The number of rotatable bonds is 4. The van der Waals surface area contributed by atoms with E-state index in [1.54, 1.807) is 0 Å². The minimum atomic E-state index is -0.798. The normalized spacial score (nSPS) is 18.4. The second-order valence-electron chi connectivity index (χ2n) is 5.11. The molecule has 6 heteroatoms. The Morgan fingerprint density at radius 1 is 1.40 bits per heavy atom. The molecule has 5 nitrogen and oxygen atoms in total. The molecule has 1 fully saturated rings. The molecule has 2 aromatic rings. The number of nitrogens with zero attached hydrogens (tertiary/aromatic N) is 1. The van der Waals surface area contributed by atoms with Crippen LogP contribution in [-0.4, -0.2) is 38.4 Å². The summed E-state index contributed by atoms with van der Waals surface area (Å²) in [5.41, 5.74) is 8.32. The van der Waals surface area contributed by atoms with Crippen LogP contribution in [0.5, 0.6) is 0 Å². The molecule has 1 aliphatic heterocycles. The van der Waals surface area contributed by atoms with Crippen LogP contribution in [0, 0.1) is 0 Å². The fourth-order valence-electron chi connectivity index (χ4n) is 2.50. The molecule has 2 heterocycles. The summed E-state index contributed by atoms with van der Waals surface area (Å²) in [6.45, 7) is 1.47. The van der Waals surface area contributed by atoms with Crippen molar-refractivity contribution in [2.45, 2.75) is 24.5 Å². The number of H-pyrrole nitrogens is 1. The van der Waals surface area contributed by atoms with Gasteiger partial charge in [-0.25, -0.2) is 4.98 Å². The standard InChI is InChI=1S/C14H19N3O2S/c15-10-1-2-12-13(9-10)17-14(16-12)5-8-20(18)11-3-6-19-7-4-11/h1-2,9,11H,3-8,15H2,(H,16,17). The molecule has 1 aromatic carbocycles. The van der Waals surface area contributed by atoms with Crippen LogP contribution in [0.1, 0.15) is 18.7 Å². The van der Waals surface area contributed by atoms with Crippen molar-refractivity contribution < 1.29 is 8.95 Å². The maximum absolute atomic E-state index is 12.2. The monoisotopic (exact) mass is 293 g/mol. The molecule has 0 radical (unpaired) electrons. The summed E-state index contributed by atoms with van der Waals surface area (Å²) in [5, 5.41) is 0.281. The van der Waals surface area contributed by atoms with Crippen molar-refractivity contribution >= 4 is 27.5 Å². The van der Waals surface area contributed by atoms with Crippen molar-refractivity contribution in [3.05, 3.63) is 24.0 Å². The third-order valence-corrected chi connectivity index (χ3v) is 5.46. The Bertz CT molecular complexity index is 620. The number of benzene rings is 1. The molecule has 1 atom stereocenters. The lowest BCUT2D eigenvalue weighted by Gasteiger charge is -2.21. The van der Waals surface area contributed by atoms with Crippen LogP contribution < -0.4 is 5.73 Å². The van der Waals surface area contributed by atoms with Crippen molar-refractivity contribution in [2.75, 3.05) is 24.7 Å². The SMILES string of the molecule is Nc1ccc2nc(CCS(=O)C3CCOCC3)[nH]c2c1. The molecule has 108 valence electrons. The van der Waals surface area contributed by atoms with Crippen LogP contribution in [0.2, 0.25) is 0 Å². The van der Waals surface area contributed by atoms with Crippen LogP contribution in [0.3, 0.4) is 0 Å². The van der Waals surface area contributed by atoms with Crippen molar-refractivity contribution in [1.82, 2.24) is 9.97 Å². The molecule has 0 spiro atoms. The van der Waals surface area contributed by atoms with Crippen LogP contribution in [-0.2, 0) is 22.0 Å². The maximum atomic E-state index is 12.2. The van der Waals surface area contributed by atoms with E-state index in [1.165, 1.54) is 0 Å². The number of hydrogen-bond donors (Lipinski definition) is 2. The van der Waals surface area contributed by atoms with Gasteiger partial charge in [-0.15, -0.1) is 0 Å². The van der Waals surface area contributed by atoms with Gasteiger partial charge in [0.15, 0.2) is 0 Å². The van der Waals surface area contributed by atoms with Gasteiger partial charge in [0, 0.05) is 47.1 Å². The van der Waals surface area contributed by atoms with Gasteiger partial charge in [0.2, 0.25) is 0 Å². The molecular weight excluding hydrogens is 274 g/mol. The minimum Gasteiger partial charge on any atom is -0.399 e. The zero-order chi connectivity index (χ0) is 13.9. The first kappa shape index (κ1) is 13.6. The first-order valence-corrected chi connectivity index (χ1v) is 8.29. The molecular formula is C14H19N3O2S. The third-order valence-electron chi connectivity index (χ3n) is 3.64. The van der Waals surface area contributed by atoms with Gasteiger partial charge >= 0.3 is 0 Å². The summed E-state index contributed by atoms with van der Waals surface area (Å²) in [7, 11) is -0.798. The number of aromatic nitrogens is 2. The first-order valence-electron chi connectivity index (χ1n) is 6.91. The Morgan fingerprint density at radius 3 is 3.00 bits per heavy atom. The zero-order valence-electron chi connectivity index (χ0n) is 11.3. The number of fused-ring (bicyclic) bond motifs is 1. The van der Waals surface area contributed by atoms with Gasteiger partial charge in [-0.3, -0.25) is 4.21 Å². The lowest BCUT2D eigenvalue weighted by molar-refractivity contribution is 0.0992. The predicted octanol–water partition coefficient (Wildman–Crippen LogP) is 1.62. The smallest absolute Gasteiger partial charge is 0.108 e. The highest BCUT2D eigenvalue weighted by molar-refractivity contribution is 7.85. The van der Waals surface area contributed by atoms with Gasteiger partial charge in [0.1, 0.15) is 5.82 Å². The summed E-state index contributed by atoms with van der Waals surface area (Å²) in [4.78, 5) is 7.75. The van der Waals surface area contributed by atoms with Gasteiger partial charge in [0.25, 0.3) is 0 Å². The number of anilines is 1. The van der Waals surface area contributed by atoms with Gasteiger partial charge in [-0.05, 0) is 31.0 Å². The van der Waals surface area contributed by atoms with Crippen LogP contribution in [0.15, 0.2) is 18.2 Å². The molecule has 0 bridgehead atoms. The molecule has 1 aromatic heterocycles. The fourth-order valence-corrected chi connectivity index (χ4v) is 3.95. The molecule has 3 N–H and O–H groups in total. The first-order chi connectivity index (χ1) is 9.72. The van der Waals surface area contributed by atoms with Crippen LogP contribution in [0.4, 0.5) is 5.69 Å². The fraction of sp³-hybridized carbons (Fsp3) is 0.500. The van der Waals surface area contributed by atoms with Gasteiger partial charge < -0.3 is 15.5 Å². The summed E-state index contributed by atoms with van der Waals surface area (Å²) < 4.78 is 17.5. The van der Waals surface area contributed by atoms with E-state index in [4.69, 9.17) is 10.5 Å². The minimum absolute atomic E-state index is 0.281.